The molecule has 0 spiro atoms. The number of rotatable bonds is 12. The predicted molar refractivity (Wildman–Crippen MR) is 123 cm³/mol. The first kappa shape index (κ1) is 28.6. The van der Waals surface area contributed by atoms with Gasteiger partial charge >= 0.3 is 6.18 Å². The summed E-state index contributed by atoms with van der Waals surface area (Å²) >= 11 is 0. The fourth-order valence-corrected chi connectivity index (χ4v) is 5.11. The molecule has 0 saturated heterocycles. The second-order valence-electron chi connectivity index (χ2n) is 10.3. The Balaban J connectivity index is 3.53. The normalized spacial score (nSPS) is 16.5. The van der Waals surface area contributed by atoms with E-state index < -0.39 is 23.1 Å². The van der Waals surface area contributed by atoms with E-state index in [4.69, 9.17) is 0 Å². The number of ketones is 1. The van der Waals surface area contributed by atoms with Crippen LogP contribution in [-0.2, 0) is 17.5 Å². The third kappa shape index (κ3) is 7.57. The van der Waals surface area contributed by atoms with Crippen LogP contribution in [-0.4, -0.2) is 22.8 Å². The summed E-state index contributed by atoms with van der Waals surface area (Å²) in [5.74, 6) is -0.371. The van der Waals surface area contributed by atoms with E-state index in [9.17, 15) is 22.4 Å². The minimum absolute atomic E-state index is 0.0732. The molecule has 0 amide bonds. The van der Waals surface area contributed by atoms with Crippen LogP contribution in [0.1, 0.15) is 85.8 Å². The zero-order chi connectivity index (χ0) is 24.9. The number of nitrogens with zero attached hydrogens (tertiary/aromatic N) is 1. The maximum Gasteiger partial charge on any atom is 0.419 e. The predicted octanol–water partition coefficient (Wildman–Crippen LogP) is 7.75. The van der Waals surface area contributed by atoms with Crippen LogP contribution in [0.4, 0.5) is 17.6 Å². The lowest BCUT2D eigenvalue weighted by Gasteiger charge is -2.49. The number of hydrogen-bond donors (Lipinski definition) is 0. The molecular weight excluding hydrogens is 418 g/mol. The van der Waals surface area contributed by atoms with Crippen LogP contribution in [0.5, 0.6) is 0 Å². The van der Waals surface area contributed by atoms with Gasteiger partial charge in [-0.15, -0.1) is 0 Å². The first-order valence-electron chi connectivity index (χ1n) is 11.7. The molecule has 1 rings (SSSR count). The minimum atomic E-state index is -4.75. The van der Waals surface area contributed by atoms with Crippen molar-refractivity contribution in [2.75, 3.05) is 6.54 Å². The van der Waals surface area contributed by atoms with Crippen molar-refractivity contribution in [1.82, 2.24) is 4.90 Å². The van der Waals surface area contributed by atoms with Crippen LogP contribution in [0.2, 0.25) is 0 Å². The van der Waals surface area contributed by atoms with E-state index >= 15 is 0 Å². The van der Waals surface area contributed by atoms with Gasteiger partial charge in [0, 0.05) is 24.5 Å². The molecule has 0 saturated carbocycles. The van der Waals surface area contributed by atoms with Gasteiger partial charge in [0.1, 0.15) is 11.6 Å². The molecular formula is C26H41F4NO. The van der Waals surface area contributed by atoms with Crippen LogP contribution in [0.25, 0.3) is 0 Å². The summed E-state index contributed by atoms with van der Waals surface area (Å²) in [6, 6.07) is 3.25. The topological polar surface area (TPSA) is 20.3 Å². The van der Waals surface area contributed by atoms with Gasteiger partial charge in [0.25, 0.3) is 0 Å². The lowest BCUT2D eigenvalue weighted by atomic mass is 9.73. The highest BCUT2D eigenvalue weighted by Gasteiger charge is 2.43. The highest BCUT2D eigenvalue weighted by molar-refractivity contribution is 5.79. The number of hydrogen-bond acceptors (Lipinski definition) is 2. The van der Waals surface area contributed by atoms with E-state index in [-0.39, 0.29) is 18.2 Å². The maximum atomic E-state index is 13.9. The van der Waals surface area contributed by atoms with Crippen molar-refractivity contribution in [2.45, 2.75) is 92.9 Å². The Morgan fingerprint density at radius 1 is 1.03 bits per heavy atom. The highest BCUT2D eigenvalue weighted by Crippen LogP contribution is 2.39. The summed E-state index contributed by atoms with van der Waals surface area (Å²) in [6.07, 6.45) is -2.31. The molecule has 0 fully saturated rings. The number of carbonyl (C=O) groups is 1. The molecule has 0 N–H and O–H groups in total. The molecule has 2 nitrogen and oxygen atoms in total. The van der Waals surface area contributed by atoms with E-state index in [2.05, 4.69) is 39.5 Å². The van der Waals surface area contributed by atoms with Crippen molar-refractivity contribution in [3.8, 4) is 0 Å². The van der Waals surface area contributed by atoms with Crippen molar-refractivity contribution in [3.63, 3.8) is 0 Å². The monoisotopic (exact) mass is 459 g/mol. The molecule has 184 valence electrons. The van der Waals surface area contributed by atoms with Gasteiger partial charge < -0.3 is 0 Å². The van der Waals surface area contributed by atoms with Crippen LogP contribution in [0, 0.1) is 29.5 Å². The number of carbonyl (C=O) groups excluding carboxylic acids is 1. The molecule has 0 bridgehead atoms. The average Bonchev–Trinajstić information content (AvgIpc) is 2.64. The molecule has 1 aromatic carbocycles. The summed E-state index contributed by atoms with van der Waals surface area (Å²) in [4.78, 5) is 14.8. The van der Waals surface area contributed by atoms with Crippen LogP contribution >= 0.6 is 0 Å². The van der Waals surface area contributed by atoms with Gasteiger partial charge in [-0.2, -0.15) is 13.2 Å². The van der Waals surface area contributed by atoms with E-state index in [1.165, 1.54) is 6.07 Å². The zero-order valence-electron chi connectivity index (χ0n) is 20.9. The Morgan fingerprint density at radius 3 is 2.06 bits per heavy atom. The Bertz CT molecular complexity index is 744. The molecule has 6 heteroatoms. The second-order valence-corrected chi connectivity index (χ2v) is 10.3. The van der Waals surface area contributed by atoms with Gasteiger partial charge in [-0.1, -0.05) is 54.5 Å². The second kappa shape index (κ2) is 11.6. The van der Waals surface area contributed by atoms with Gasteiger partial charge in [-0.25, -0.2) is 4.39 Å². The van der Waals surface area contributed by atoms with E-state index in [1.54, 1.807) is 6.92 Å². The fraction of sp³-hybridized carbons (Fsp3) is 0.731. The Labute approximate surface area is 191 Å². The standard InChI is InChI=1S/C26H41F4NO/c1-9-25(14-18(4)5,20(7)21(8)32)31(15-19(6)12-17(2)3)16-22-10-11-24(27)23(13-22)26(28,29)30/h10-11,13,17-20H,9,12,14-16H2,1-8H3. The average molecular weight is 460 g/mol. The number of Topliss-reactive ketones (excluding diaryl/α,β-unsaturated/α-hetero) is 1. The SMILES string of the molecule is CCC(CC(C)C)(C(C)C(C)=O)N(Cc1ccc(F)c(C(F)(F)F)c1)CC(C)CC(C)C. The first-order valence-corrected chi connectivity index (χ1v) is 11.7. The van der Waals surface area contributed by atoms with Crippen LogP contribution in [0.15, 0.2) is 18.2 Å². The van der Waals surface area contributed by atoms with Crippen molar-refractivity contribution < 1.29 is 22.4 Å². The van der Waals surface area contributed by atoms with Crippen molar-refractivity contribution in [2.24, 2.45) is 23.7 Å². The number of benzene rings is 1. The zero-order valence-corrected chi connectivity index (χ0v) is 20.9. The summed E-state index contributed by atoms with van der Waals surface area (Å²) in [6.45, 7) is 17.1. The minimum Gasteiger partial charge on any atom is -0.300 e. The van der Waals surface area contributed by atoms with E-state index in [0.29, 0.717) is 36.3 Å². The Kier molecular flexibility index (Phi) is 10.4. The van der Waals surface area contributed by atoms with Gasteiger partial charge in [-0.05, 0) is 61.6 Å². The molecule has 0 aliphatic carbocycles. The van der Waals surface area contributed by atoms with Crippen molar-refractivity contribution >= 4 is 5.78 Å². The lowest BCUT2D eigenvalue weighted by molar-refractivity contribution is -0.140. The smallest absolute Gasteiger partial charge is 0.300 e. The fourth-order valence-electron chi connectivity index (χ4n) is 5.11. The molecule has 3 unspecified atom stereocenters. The summed E-state index contributed by atoms with van der Waals surface area (Å²) in [7, 11) is 0. The molecule has 0 aromatic heterocycles. The van der Waals surface area contributed by atoms with Crippen molar-refractivity contribution in [3.05, 3.63) is 35.1 Å². The Hall–Kier alpha value is -1.43. The highest BCUT2D eigenvalue weighted by atomic mass is 19.4. The van der Waals surface area contributed by atoms with Crippen LogP contribution in [0.3, 0.4) is 0 Å². The molecule has 0 radical (unpaired) electrons. The molecule has 0 heterocycles. The largest absolute Gasteiger partial charge is 0.419 e. The molecule has 0 aliphatic rings. The number of halogens is 4. The maximum absolute atomic E-state index is 13.9. The third-order valence-electron chi connectivity index (χ3n) is 6.54. The lowest BCUT2D eigenvalue weighted by Crippen LogP contribution is -2.56. The van der Waals surface area contributed by atoms with Gasteiger partial charge in [-0.3, -0.25) is 9.69 Å². The van der Waals surface area contributed by atoms with E-state index in [1.807, 2.05) is 13.8 Å². The van der Waals surface area contributed by atoms with Crippen LogP contribution < -0.4 is 0 Å². The third-order valence-corrected chi connectivity index (χ3v) is 6.54. The summed E-state index contributed by atoms with van der Waals surface area (Å²) in [5.41, 5.74) is -1.32. The quantitative estimate of drug-likeness (QED) is 0.298. The van der Waals surface area contributed by atoms with Crippen molar-refractivity contribution in [1.29, 1.82) is 0 Å². The number of alkyl halides is 3. The molecule has 32 heavy (non-hydrogen) atoms. The summed E-state index contributed by atoms with van der Waals surface area (Å²) < 4.78 is 53.9. The van der Waals surface area contributed by atoms with Gasteiger partial charge in [0.15, 0.2) is 0 Å². The Morgan fingerprint density at radius 2 is 1.62 bits per heavy atom. The summed E-state index contributed by atoms with van der Waals surface area (Å²) in [5, 5.41) is 0. The first-order chi connectivity index (χ1) is 14.6. The van der Waals surface area contributed by atoms with E-state index in [0.717, 1.165) is 25.0 Å². The molecule has 3 atom stereocenters. The van der Waals surface area contributed by atoms with Gasteiger partial charge in [0.05, 0.1) is 5.56 Å². The molecule has 0 aliphatic heterocycles. The molecule has 1 aromatic rings. The van der Waals surface area contributed by atoms with Gasteiger partial charge in [0.2, 0.25) is 0 Å².